The summed E-state index contributed by atoms with van der Waals surface area (Å²) < 4.78 is 102. The average molecular weight is 260 g/mol. The predicted octanol–water partition coefficient (Wildman–Crippen LogP) is 3.21. The summed E-state index contributed by atoms with van der Waals surface area (Å²) in [5.41, 5.74) is 0. The van der Waals surface area contributed by atoms with Crippen LogP contribution < -0.4 is 0 Å². The van der Waals surface area contributed by atoms with Crippen LogP contribution in [0.4, 0.5) is 35.1 Å². The van der Waals surface area contributed by atoms with Gasteiger partial charge in [-0.15, -0.1) is 0 Å². The van der Waals surface area contributed by atoms with Crippen LogP contribution in [-0.2, 0) is 9.47 Å². The van der Waals surface area contributed by atoms with Crippen molar-refractivity contribution in [3.05, 3.63) is 12.3 Å². The van der Waals surface area contributed by atoms with Crippen molar-refractivity contribution in [2.75, 3.05) is 7.11 Å². The Bertz CT molecular complexity index is 272. The summed E-state index contributed by atoms with van der Waals surface area (Å²) in [5, 5.41) is 0. The van der Waals surface area contributed by atoms with E-state index >= 15 is 0 Å². The molecule has 1 atom stereocenters. The molecule has 0 N–H and O–H groups in total. The highest BCUT2D eigenvalue weighted by Gasteiger charge is 2.75. The van der Waals surface area contributed by atoms with Crippen molar-refractivity contribution in [1.82, 2.24) is 0 Å². The molecule has 0 saturated carbocycles. The smallest absolute Gasteiger partial charge is 0.403 e. The molecule has 1 unspecified atom stereocenters. The van der Waals surface area contributed by atoms with Gasteiger partial charge in [-0.1, -0.05) is 0 Å². The van der Waals surface area contributed by atoms with Gasteiger partial charge in [0.1, 0.15) is 0 Å². The maximum Gasteiger partial charge on any atom is 0.464 e. The van der Waals surface area contributed by atoms with E-state index in [1.54, 1.807) is 0 Å². The summed E-state index contributed by atoms with van der Waals surface area (Å²) >= 11 is 0. The number of halogens is 8. The second kappa shape index (κ2) is 4.44. The lowest BCUT2D eigenvalue weighted by molar-refractivity contribution is -0.450. The molecule has 0 heterocycles. The molecule has 16 heavy (non-hydrogen) atoms. The van der Waals surface area contributed by atoms with Crippen LogP contribution in [0.15, 0.2) is 12.3 Å². The molecule has 0 aromatic carbocycles. The van der Waals surface area contributed by atoms with Gasteiger partial charge in [-0.25, -0.2) is 4.39 Å². The third-order valence-electron chi connectivity index (χ3n) is 1.31. The van der Waals surface area contributed by atoms with Crippen molar-refractivity contribution in [2.24, 2.45) is 0 Å². The molecule has 0 saturated heterocycles. The van der Waals surface area contributed by atoms with Gasteiger partial charge in [0, 0.05) is 7.11 Å². The highest BCUT2D eigenvalue weighted by Crippen LogP contribution is 2.47. The first-order valence-corrected chi connectivity index (χ1v) is 3.35. The van der Waals surface area contributed by atoms with Gasteiger partial charge in [0.15, 0.2) is 6.33 Å². The molecule has 0 aromatic heterocycles. The second-order valence-corrected chi connectivity index (χ2v) is 2.33. The highest BCUT2D eigenvalue weighted by molar-refractivity contribution is 4.89. The number of hydrogen-bond donors (Lipinski definition) is 0. The van der Waals surface area contributed by atoms with Crippen molar-refractivity contribution in [3.63, 3.8) is 0 Å². The maximum atomic E-state index is 12.9. The van der Waals surface area contributed by atoms with E-state index in [0.717, 1.165) is 0 Å². The van der Waals surface area contributed by atoms with Crippen LogP contribution in [0.5, 0.6) is 0 Å². The van der Waals surface area contributed by atoms with Crippen molar-refractivity contribution in [3.8, 4) is 0 Å². The van der Waals surface area contributed by atoms with Gasteiger partial charge >= 0.3 is 24.2 Å². The van der Waals surface area contributed by atoms with Gasteiger partial charge in [0.2, 0.25) is 0 Å². The van der Waals surface area contributed by atoms with Crippen LogP contribution in [0.1, 0.15) is 0 Å². The van der Waals surface area contributed by atoms with Gasteiger partial charge in [-0.05, 0) is 0 Å². The van der Waals surface area contributed by atoms with Crippen LogP contribution in [0, 0.1) is 0 Å². The summed E-state index contributed by atoms with van der Waals surface area (Å²) in [7, 11) is 0.0607. The zero-order valence-corrected chi connectivity index (χ0v) is 7.42. The number of hydrogen-bond acceptors (Lipinski definition) is 2. The Morgan fingerprint density at radius 3 is 1.75 bits per heavy atom. The zero-order valence-electron chi connectivity index (χ0n) is 7.42. The average Bonchev–Trinajstić information content (AvgIpc) is 2.15. The van der Waals surface area contributed by atoms with E-state index < -0.39 is 30.5 Å². The molecule has 0 amide bonds. The van der Waals surface area contributed by atoms with Crippen molar-refractivity contribution >= 4 is 0 Å². The van der Waals surface area contributed by atoms with Crippen molar-refractivity contribution in [2.45, 2.75) is 18.1 Å². The summed E-state index contributed by atoms with van der Waals surface area (Å²) in [4.78, 5) is 0. The van der Waals surface area contributed by atoms with Crippen LogP contribution in [0.3, 0.4) is 0 Å². The molecular formula is C6H4F8O2. The number of ether oxygens (including phenoxy) is 2. The predicted molar refractivity (Wildman–Crippen MR) is 33.2 cm³/mol. The number of methoxy groups -OCH3 is 1. The van der Waals surface area contributed by atoms with Gasteiger partial charge in [-0.2, -0.15) is 30.7 Å². The highest BCUT2D eigenvalue weighted by atomic mass is 19.4. The lowest BCUT2D eigenvalue weighted by atomic mass is 10.3. The van der Waals surface area contributed by atoms with Crippen LogP contribution in [0.2, 0.25) is 0 Å². The minimum Gasteiger partial charge on any atom is -0.403 e. The van der Waals surface area contributed by atoms with Gasteiger partial charge < -0.3 is 9.47 Å². The molecule has 0 aliphatic rings. The molecule has 0 aliphatic heterocycles. The van der Waals surface area contributed by atoms with Crippen LogP contribution in [0.25, 0.3) is 0 Å². The monoisotopic (exact) mass is 260 g/mol. The Balaban J connectivity index is 5.25. The molecule has 2 nitrogen and oxygen atoms in total. The minimum atomic E-state index is -6.41. The van der Waals surface area contributed by atoms with E-state index in [4.69, 9.17) is 0 Å². The standard InChI is InChI=1S/C6H4F8O2/c1-15-6(14,16-3(8)2-7)4(9,10)5(11,12)13/h2H,1H3/b3-2+. The first-order valence-electron chi connectivity index (χ1n) is 3.35. The largest absolute Gasteiger partial charge is 0.464 e. The molecule has 0 rings (SSSR count). The molecule has 96 valence electrons. The Morgan fingerprint density at radius 2 is 1.50 bits per heavy atom. The fraction of sp³-hybridized carbons (Fsp3) is 0.667. The quantitative estimate of drug-likeness (QED) is 0.439. The molecule has 0 aromatic rings. The molecule has 0 fully saturated rings. The summed E-state index contributed by atoms with van der Waals surface area (Å²) in [6.07, 6.45) is -7.56. The van der Waals surface area contributed by atoms with Gasteiger partial charge in [-0.3, -0.25) is 0 Å². The third-order valence-corrected chi connectivity index (χ3v) is 1.31. The van der Waals surface area contributed by atoms with Gasteiger partial charge in [0.05, 0.1) is 0 Å². The van der Waals surface area contributed by atoms with Crippen LogP contribution in [-0.4, -0.2) is 25.2 Å². The lowest BCUT2D eigenvalue weighted by Gasteiger charge is -2.31. The zero-order chi connectivity index (χ0) is 13.2. The Morgan fingerprint density at radius 1 is 1.06 bits per heavy atom. The Kier molecular flexibility index (Phi) is 4.14. The molecule has 10 heteroatoms. The first kappa shape index (κ1) is 14.9. The first-order chi connectivity index (χ1) is 7.02. The summed E-state index contributed by atoms with van der Waals surface area (Å²) in [6, 6.07) is -7.83. The van der Waals surface area contributed by atoms with Crippen molar-refractivity contribution < 1.29 is 44.6 Å². The normalized spacial score (nSPS) is 18.2. The fourth-order valence-electron chi connectivity index (χ4n) is 0.551. The molecule has 0 radical (unpaired) electrons. The van der Waals surface area contributed by atoms with E-state index in [9.17, 15) is 35.1 Å². The SMILES string of the molecule is COC(F)(O/C(F)=C/F)C(F)(F)C(F)(F)F. The van der Waals surface area contributed by atoms with E-state index in [0.29, 0.717) is 0 Å². The third kappa shape index (κ3) is 2.54. The van der Waals surface area contributed by atoms with E-state index in [-0.39, 0.29) is 7.11 Å². The Hall–Kier alpha value is -1.06. The van der Waals surface area contributed by atoms with Gasteiger partial charge in [0.25, 0.3) is 0 Å². The topological polar surface area (TPSA) is 18.5 Å². The second-order valence-electron chi connectivity index (χ2n) is 2.33. The summed E-state index contributed by atoms with van der Waals surface area (Å²) in [5.74, 6) is -6.19. The molecule has 0 spiro atoms. The van der Waals surface area contributed by atoms with E-state index in [2.05, 4.69) is 9.47 Å². The fourth-order valence-corrected chi connectivity index (χ4v) is 0.551. The van der Waals surface area contributed by atoms with E-state index in [1.165, 1.54) is 0 Å². The molecule has 0 bridgehead atoms. The maximum absolute atomic E-state index is 12.9. The minimum absolute atomic E-state index is 0.0607. The number of rotatable bonds is 4. The number of alkyl halides is 6. The lowest BCUT2D eigenvalue weighted by Crippen LogP contribution is -2.56. The van der Waals surface area contributed by atoms with Crippen LogP contribution >= 0.6 is 0 Å². The molecule has 0 aliphatic carbocycles. The van der Waals surface area contributed by atoms with E-state index in [1.807, 2.05) is 0 Å². The summed E-state index contributed by atoms with van der Waals surface area (Å²) in [6.45, 7) is 0. The Labute approximate surface area is 83.4 Å². The van der Waals surface area contributed by atoms with Crippen molar-refractivity contribution in [1.29, 1.82) is 0 Å². The molecular weight excluding hydrogens is 256 g/mol.